The predicted molar refractivity (Wildman–Crippen MR) is 51.3 cm³/mol. The van der Waals surface area contributed by atoms with Crippen molar-refractivity contribution in [2.45, 2.75) is 40.7 Å². The Hall–Kier alpha value is -0.790. The number of hydrogen-bond acceptors (Lipinski definition) is 1. The van der Waals surface area contributed by atoms with E-state index in [0.717, 1.165) is 5.69 Å². The zero-order valence-corrected chi connectivity index (χ0v) is 8.63. The summed E-state index contributed by atoms with van der Waals surface area (Å²) >= 11 is 0. The number of aromatic nitrogens is 2. The lowest BCUT2D eigenvalue weighted by Gasteiger charge is -2.17. The summed E-state index contributed by atoms with van der Waals surface area (Å²) in [6, 6.07) is 2.62. The van der Waals surface area contributed by atoms with Crippen LogP contribution in [-0.2, 0) is 0 Å². The lowest BCUT2D eigenvalue weighted by Crippen LogP contribution is -2.14. The van der Waals surface area contributed by atoms with E-state index in [1.165, 1.54) is 5.69 Å². The molecule has 0 saturated carbocycles. The second kappa shape index (κ2) is 3.30. The van der Waals surface area contributed by atoms with Crippen molar-refractivity contribution in [1.29, 1.82) is 0 Å². The fraction of sp³-hybridized carbons (Fsp3) is 0.700. The lowest BCUT2D eigenvalue weighted by molar-refractivity contribution is 0.368. The van der Waals surface area contributed by atoms with Gasteiger partial charge in [0.2, 0.25) is 0 Å². The first-order chi connectivity index (χ1) is 5.52. The van der Waals surface area contributed by atoms with Crippen LogP contribution in [0.4, 0.5) is 0 Å². The summed E-state index contributed by atoms with van der Waals surface area (Å²) in [4.78, 5) is 0. The van der Waals surface area contributed by atoms with Crippen LogP contribution in [0.2, 0.25) is 0 Å². The minimum atomic E-state index is 0.499. The molecule has 0 saturated heterocycles. The molecule has 2 nitrogen and oxygen atoms in total. The van der Waals surface area contributed by atoms with Crippen LogP contribution in [0.25, 0.3) is 0 Å². The van der Waals surface area contributed by atoms with Gasteiger partial charge >= 0.3 is 0 Å². The molecule has 1 aromatic rings. The number of aryl methyl sites for hydroxylation is 2. The molecule has 1 atom stereocenters. The van der Waals surface area contributed by atoms with Crippen LogP contribution in [0.5, 0.6) is 0 Å². The van der Waals surface area contributed by atoms with Gasteiger partial charge in [-0.05, 0) is 32.8 Å². The van der Waals surface area contributed by atoms with Crippen LogP contribution >= 0.6 is 0 Å². The van der Waals surface area contributed by atoms with Gasteiger partial charge in [0.15, 0.2) is 0 Å². The van der Waals surface area contributed by atoms with E-state index in [1.807, 2.05) is 6.92 Å². The largest absolute Gasteiger partial charge is 0.267 e. The van der Waals surface area contributed by atoms with Crippen molar-refractivity contribution >= 4 is 0 Å². The second-order valence-corrected chi connectivity index (χ2v) is 3.86. The van der Waals surface area contributed by atoms with Crippen LogP contribution in [0.15, 0.2) is 6.07 Å². The molecule has 2 heteroatoms. The third kappa shape index (κ3) is 1.68. The Labute approximate surface area is 74.6 Å². The Morgan fingerprint density at radius 1 is 1.25 bits per heavy atom. The summed E-state index contributed by atoms with van der Waals surface area (Å²) in [7, 11) is 0. The Morgan fingerprint density at radius 2 is 1.83 bits per heavy atom. The van der Waals surface area contributed by atoms with Crippen LogP contribution in [0.1, 0.15) is 38.2 Å². The lowest BCUT2D eigenvalue weighted by atomic mass is 10.1. The van der Waals surface area contributed by atoms with E-state index in [1.54, 1.807) is 0 Å². The van der Waals surface area contributed by atoms with E-state index in [-0.39, 0.29) is 0 Å². The second-order valence-electron chi connectivity index (χ2n) is 3.86. The Kier molecular flexibility index (Phi) is 2.55. The fourth-order valence-electron chi connectivity index (χ4n) is 1.34. The van der Waals surface area contributed by atoms with Gasteiger partial charge in [-0.15, -0.1) is 0 Å². The molecule has 0 aromatic carbocycles. The molecular formula is C10H18N2. The van der Waals surface area contributed by atoms with Gasteiger partial charge < -0.3 is 0 Å². The maximum atomic E-state index is 4.45. The SMILES string of the molecule is Cc1cc(C)n([C@H](C)C(C)C)n1. The van der Waals surface area contributed by atoms with Crippen molar-refractivity contribution in [2.75, 3.05) is 0 Å². The third-order valence-electron chi connectivity index (χ3n) is 2.40. The molecule has 0 N–H and O–H groups in total. The summed E-state index contributed by atoms with van der Waals surface area (Å²) in [5.74, 6) is 0.642. The average Bonchev–Trinajstić information content (AvgIpc) is 2.28. The van der Waals surface area contributed by atoms with Gasteiger partial charge in [-0.25, -0.2) is 0 Å². The maximum Gasteiger partial charge on any atom is 0.0596 e. The summed E-state index contributed by atoms with van der Waals surface area (Å²) in [5.41, 5.74) is 2.37. The molecule has 1 rings (SSSR count). The molecule has 1 heterocycles. The smallest absolute Gasteiger partial charge is 0.0596 e. The molecule has 0 spiro atoms. The monoisotopic (exact) mass is 166 g/mol. The van der Waals surface area contributed by atoms with Gasteiger partial charge in [-0.1, -0.05) is 13.8 Å². The molecular weight excluding hydrogens is 148 g/mol. The minimum absolute atomic E-state index is 0.499. The Bertz CT molecular complexity index is 261. The van der Waals surface area contributed by atoms with Gasteiger partial charge in [0.1, 0.15) is 0 Å². The molecule has 0 radical (unpaired) electrons. The predicted octanol–water partition coefficient (Wildman–Crippen LogP) is 2.72. The van der Waals surface area contributed by atoms with Gasteiger partial charge in [0.25, 0.3) is 0 Å². The van der Waals surface area contributed by atoms with E-state index in [9.17, 15) is 0 Å². The van der Waals surface area contributed by atoms with Gasteiger partial charge in [-0.2, -0.15) is 5.10 Å². The van der Waals surface area contributed by atoms with Crippen molar-refractivity contribution < 1.29 is 0 Å². The molecule has 0 fully saturated rings. The molecule has 0 bridgehead atoms. The average molecular weight is 166 g/mol. The number of hydrogen-bond donors (Lipinski definition) is 0. The summed E-state index contributed by atoms with van der Waals surface area (Å²) in [6.07, 6.45) is 0. The van der Waals surface area contributed by atoms with Crippen molar-refractivity contribution in [2.24, 2.45) is 5.92 Å². The van der Waals surface area contributed by atoms with Crippen LogP contribution in [0, 0.1) is 19.8 Å². The van der Waals surface area contributed by atoms with Gasteiger partial charge in [0, 0.05) is 5.69 Å². The molecule has 68 valence electrons. The van der Waals surface area contributed by atoms with Gasteiger partial charge in [0.05, 0.1) is 11.7 Å². The first kappa shape index (κ1) is 9.30. The summed E-state index contributed by atoms with van der Waals surface area (Å²) in [6.45, 7) is 10.8. The molecule has 0 aliphatic rings. The standard InChI is InChI=1S/C10H18N2/c1-7(2)10(5)12-9(4)6-8(3)11-12/h6-7,10H,1-5H3/t10-/m1/s1. The van der Waals surface area contributed by atoms with Crippen LogP contribution in [-0.4, -0.2) is 9.78 Å². The van der Waals surface area contributed by atoms with Crippen molar-refractivity contribution in [3.05, 3.63) is 17.5 Å². The van der Waals surface area contributed by atoms with E-state index < -0.39 is 0 Å². The topological polar surface area (TPSA) is 17.8 Å². The van der Waals surface area contributed by atoms with E-state index in [4.69, 9.17) is 0 Å². The van der Waals surface area contributed by atoms with Crippen LogP contribution in [0.3, 0.4) is 0 Å². The molecule has 0 amide bonds. The number of nitrogens with zero attached hydrogens (tertiary/aromatic N) is 2. The van der Waals surface area contributed by atoms with E-state index in [0.29, 0.717) is 12.0 Å². The Morgan fingerprint density at radius 3 is 2.17 bits per heavy atom. The normalized spacial score (nSPS) is 13.8. The highest BCUT2D eigenvalue weighted by Gasteiger charge is 2.12. The first-order valence-corrected chi connectivity index (χ1v) is 4.55. The minimum Gasteiger partial charge on any atom is -0.267 e. The fourth-order valence-corrected chi connectivity index (χ4v) is 1.34. The number of rotatable bonds is 2. The zero-order valence-electron chi connectivity index (χ0n) is 8.63. The molecule has 0 aliphatic carbocycles. The molecule has 12 heavy (non-hydrogen) atoms. The highest BCUT2D eigenvalue weighted by atomic mass is 15.3. The Balaban J connectivity index is 2.94. The highest BCUT2D eigenvalue weighted by molar-refractivity contribution is 5.07. The zero-order chi connectivity index (χ0) is 9.30. The molecule has 0 unspecified atom stereocenters. The highest BCUT2D eigenvalue weighted by Crippen LogP contribution is 2.18. The first-order valence-electron chi connectivity index (χ1n) is 4.55. The van der Waals surface area contributed by atoms with E-state index in [2.05, 4.69) is 43.5 Å². The van der Waals surface area contributed by atoms with Gasteiger partial charge in [-0.3, -0.25) is 4.68 Å². The summed E-state index contributed by atoms with van der Waals surface area (Å²) < 4.78 is 2.11. The van der Waals surface area contributed by atoms with Crippen molar-refractivity contribution in [3.8, 4) is 0 Å². The quantitative estimate of drug-likeness (QED) is 0.660. The molecule has 1 aromatic heterocycles. The van der Waals surface area contributed by atoms with Crippen molar-refractivity contribution in [1.82, 2.24) is 9.78 Å². The maximum absolute atomic E-state index is 4.45. The van der Waals surface area contributed by atoms with Crippen LogP contribution < -0.4 is 0 Å². The molecule has 0 aliphatic heterocycles. The van der Waals surface area contributed by atoms with E-state index >= 15 is 0 Å². The third-order valence-corrected chi connectivity index (χ3v) is 2.40. The summed E-state index contributed by atoms with van der Waals surface area (Å²) in [5, 5.41) is 4.45. The van der Waals surface area contributed by atoms with Crippen molar-refractivity contribution in [3.63, 3.8) is 0 Å².